The van der Waals surface area contributed by atoms with Gasteiger partial charge in [-0.15, -0.1) is 0 Å². The second-order valence-electron chi connectivity index (χ2n) is 11.7. The maximum atomic E-state index is 12.4. The highest BCUT2D eigenvalue weighted by Crippen LogP contribution is 2.37. The first kappa shape index (κ1) is 28.2. The van der Waals surface area contributed by atoms with E-state index in [4.69, 9.17) is 18.8 Å². The van der Waals surface area contributed by atoms with E-state index in [9.17, 15) is 4.79 Å². The van der Waals surface area contributed by atoms with Crippen molar-refractivity contribution < 1.29 is 23.6 Å². The number of fused-ring (bicyclic) bond motifs is 1. The summed E-state index contributed by atoms with van der Waals surface area (Å²) in [7, 11) is -0.474. The number of rotatable bonds is 10. The minimum absolute atomic E-state index is 0.188. The van der Waals surface area contributed by atoms with Gasteiger partial charge in [0, 0.05) is 23.3 Å². The van der Waals surface area contributed by atoms with Gasteiger partial charge < -0.3 is 23.3 Å². The molecule has 6 nitrogen and oxygen atoms in total. The summed E-state index contributed by atoms with van der Waals surface area (Å²) in [4.78, 5) is 12.4. The van der Waals surface area contributed by atoms with Gasteiger partial charge in [0.2, 0.25) is 0 Å². The van der Waals surface area contributed by atoms with Gasteiger partial charge in [0.25, 0.3) is 0 Å². The van der Waals surface area contributed by atoms with Crippen molar-refractivity contribution in [3.63, 3.8) is 0 Å². The second-order valence-corrected chi connectivity index (χ2v) is 11.7. The minimum atomic E-state index is -0.474. The summed E-state index contributed by atoms with van der Waals surface area (Å²) in [6, 6.07) is 12.7. The Labute approximate surface area is 227 Å². The molecule has 0 unspecified atom stereocenters. The Morgan fingerprint density at radius 1 is 1.05 bits per heavy atom. The Hall–Kier alpha value is -2.77. The SMILES string of the molecule is CCCCOC(=O)Cc1ccc(C)cc1OCc1cc(B2OC(C)(C)C(C)(C)O2)c2ccn(C(C)C)c2c1. The van der Waals surface area contributed by atoms with Crippen LogP contribution < -0.4 is 10.2 Å². The molecule has 0 aliphatic carbocycles. The molecule has 3 aromatic rings. The average molecular weight is 519 g/mol. The van der Waals surface area contributed by atoms with Crippen LogP contribution in [0.15, 0.2) is 42.6 Å². The first-order valence-electron chi connectivity index (χ1n) is 13.8. The van der Waals surface area contributed by atoms with Crippen LogP contribution in [0.25, 0.3) is 10.9 Å². The van der Waals surface area contributed by atoms with Crippen LogP contribution >= 0.6 is 0 Å². The van der Waals surface area contributed by atoms with E-state index < -0.39 is 18.3 Å². The molecular formula is C31H42BNO5. The Bertz CT molecular complexity index is 1280. The number of esters is 1. The van der Waals surface area contributed by atoms with Crippen molar-refractivity contribution in [3.05, 3.63) is 59.3 Å². The highest BCUT2D eigenvalue weighted by atomic mass is 16.7. The first-order valence-corrected chi connectivity index (χ1v) is 13.8. The molecule has 204 valence electrons. The molecule has 2 aromatic carbocycles. The number of hydrogen-bond acceptors (Lipinski definition) is 5. The minimum Gasteiger partial charge on any atom is -0.489 e. The summed E-state index contributed by atoms with van der Waals surface area (Å²) < 4.78 is 26.9. The molecule has 1 aromatic heterocycles. The normalized spacial score (nSPS) is 16.4. The molecule has 1 aliphatic heterocycles. The van der Waals surface area contributed by atoms with E-state index in [0.717, 1.165) is 45.9 Å². The Kier molecular flexibility index (Phi) is 8.29. The number of carbonyl (C=O) groups is 1. The molecule has 0 amide bonds. The number of hydrogen-bond donors (Lipinski definition) is 0. The molecular weight excluding hydrogens is 477 g/mol. The maximum absolute atomic E-state index is 12.4. The number of aryl methyl sites for hydroxylation is 1. The van der Waals surface area contributed by atoms with Crippen LogP contribution in [0.3, 0.4) is 0 Å². The van der Waals surface area contributed by atoms with Crippen LogP contribution in [0.1, 0.15) is 84.0 Å². The zero-order valence-electron chi connectivity index (χ0n) is 24.2. The summed E-state index contributed by atoms with van der Waals surface area (Å²) in [5, 5.41) is 1.12. The first-order chi connectivity index (χ1) is 17.9. The number of unbranched alkanes of at least 4 members (excludes halogenated alkanes) is 1. The molecule has 0 bridgehead atoms. The topological polar surface area (TPSA) is 58.9 Å². The molecule has 0 atom stereocenters. The van der Waals surface area contributed by atoms with Crippen LogP contribution in [-0.2, 0) is 31.9 Å². The average Bonchev–Trinajstić information content (AvgIpc) is 3.36. The molecule has 1 saturated heterocycles. The van der Waals surface area contributed by atoms with Crippen LogP contribution in [0.4, 0.5) is 0 Å². The third-order valence-corrected chi connectivity index (χ3v) is 7.71. The lowest BCUT2D eigenvalue weighted by Crippen LogP contribution is -2.41. The highest BCUT2D eigenvalue weighted by molar-refractivity contribution is 6.65. The van der Waals surface area contributed by atoms with Crippen molar-refractivity contribution in [2.24, 2.45) is 0 Å². The van der Waals surface area contributed by atoms with E-state index in [1.165, 1.54) is 0 Å². The van der Waals surface area contributed by atoms with Crippen LogP contribution in [-0.4, -0.2) is 35.5 Å². The van der Waals surface area contributed by atoms with Gasteiger partial charge in [-0.1, -0.05) is 31.5 Å². The van der Waals surface area contributed by atoms with Crippen LogP contribution in [0.5, 0.6) is 5.75 Å². The van der Waals surface area contributed by atoms with Gasteiger partial charge in [-0.05, 0) is 95.1 Å². The van der Waals surface area contributed by atoms with E-state index in [-0.39, 0.29) is 12.4 Å². The van der Waals surface area contributed by atoms with Crippen molar-refractivity contribution in [1.82, 2.24) is 4.57 Å². The summed E-state index contributed by atoms with van der Waals surface area (Å²) in [6.45, 7) is 17.5. The molecule has 2 heterocycles. The van der Waals surface area contributed by atoms with Crippen molar-refractivity contribution in [3.8, 4) is 5.75 Å². The van der Waals surface area contributed by atoms with E-state index in [1.807, 2.05) is 25.1 Å². The summed E-state index contributed by atoms with van der Waals surface area (Å²) in [6.07, 6.45) is 4.17. The zero-order chi connectivity index (χ0) is 27.7. The van der Waals surface area contributed by atoms with Gasteiger partial charge >= 0.3 is 13.1 Å². The molecule has 7 heteroatoms. The molecule has 4 rings (SSSR count). The third kappa shape index (κ3) is 5.94. The van der Waals surface area contributed by atoms with Gasteiger partial charge in [-0.2, -0.15) is 0 Å². The van der Waals surface area contributed by atoms with Gasteiger partial charge in [0.1, 0.15) is 12.4 Å². The zero-order valence-corrected chi connectivity index (χ0v) is 24.2. The Balaban J connectivity index is 1.63. The lowest BCUT2D eigenvalue weighted by molar-refractivity contribution is -0.142. The highest BCUT2D eigenvalue weighted by Gasteiger charge is 2.52. The van der Waals surface area contributed by atoms with Crippen molar-refractivity contribution >= 4 is 29.5 Å². The van der Waals surface area contributed by atoms with E-state index in [0.29, 0.717) is 25.0 Å². The van der Waals surface area contributed by atoms with Crippen molar-refractivity contribution in [2.45, 2.75) is 98.5 Å². The van der Waals surface area contributed by atoms with Gasteiger partial charge in [-0.3, -0.25) is 4.79 Å². The summed E-state index contributed by atoms with van der Waals surface area (Å²) in [5.74, 6) is 0.473. The molecule has 0 saturated carbocycles. The van der Waals surface area contributed by atoms with Crippen LogP contribution in [0.2, 0.25) is 0 Å². The molecule has 0 spiro atoms. The second kappa shape index (κ2) is 11.2. The predicted octanol–water partition coefficient (Wildman–Crippen LogP) is 6.29. The van der Waals surface area contributed by atoms with Gasteiger partial charge in [-0.25, -0.2) is 0 Å². The predicted molar refractivity (Wildman–Crippen MR) is 153 cm³/mol. The fraction of sp³-hybridized carbons (Fsp3) is 0.516. The number of nitrogens with zero attached hydrogens (tertiary/aromatic N) is 1. The fourth-order valence-electron chi connectivity index (χ4n) is 4.69. The van der Waals surface area contributed by atoms with Gasteiger partial charge in [0.05, 0.1) is 24.2 Å². The van der Waals surface area contributed by atoms with E-state index in [2.05, 4.69) is 77.4 Å². The number of carbonyl (C=O) groups excluding carboxylic acids is 1. The maximum Gasteiger partial charge on any atom is 0.495 e. The Morgan fingerprint density at radius 2 is 1.76 bits per heavy atom. The number of benzene rings is 2. The molecule has 38 heavy (non-hydrogen) atoms. The van der Waals surface area contributed by atoms with Crippen molar-refractivity contribution in [2.75, 3.05) is 6.61 Å². The summed E-state index contributed by atoms with van der Waals surface area (Å²) >= 11 is 0. The Morgan fingerprint density at radius 3 is 2.42 bits per heavy atom. The monoisotopic (exact) mass is 519 g/mol. The third-order valence-electron chi connectivity index (χ3n) is 7.71. The van der Waals surface area contributed by atoms with Gasteiger partial charge in [0.15, 0.2) is 0 Å². The standard InChI is InChI=1S/C31H42BNO5/c1-9-10-15-35-29(34)19-24-12-11-22(4)16-28(24)36-20-23-17-26(32-37-30(5,6)31(7,8)38-32)25-13-14-33(21(2)3)27(25)18-23/h11-14,16-18,21H,9-10,15,19-20H2,1-8H3. The fourth-order valence-corrected chi connectivity index (χ4v) is 4.69. The van der Waals surface area contributed by atoms with Crippen molar-refractivity contribution in [1.29, 1.82) is 0 Å². The summed E-state index contributed by atoms with van der Waals surface area (Å²) in [5.41, 5.74) is 4.18. The van der Waals surface area contributed by atoms with E-state index >= 15 is 0 Å². The molecule has 1 fully saturated rings. The smallest absolute Gasteiger partial charge is 0.489 e. The lowest BCUT2D eigenvalue weighted by atomic mass is 9.76. The van der Waals surface area contributed by atoms with E-state index in [1.54, 1.807) is 0 Å². The molecule has 1 aliphatic rings. The molecule has 0 N–H and O–H groups in total. The largest absolute Gasteiger partial charge is 0.495 e. The van der Waals surface area contributed by atoms with Crippen LogP contribution in [0, 0.1) is 6.92 Å². The molecule has 0 radical (unpaired) electrons. The quantitative estimate of drug-likeness (QED) is 0.179. The number of aromatic nitrogens is 1. The lowest BCUT2D eigenvalue weighted by Gasteiger charge is -2.32. The number of ether oxygens (including phenoxy) is 2.